The summed E-state index contributed by atoms with van der Waals surface area (Å²) in [6.07, 6.45) is 13.4. The maximum atomic E-state index is 6.33. The van der Waals surface area contributed by atoms with Crippen molar-refractivity contribution >= 4 is 44.7 Å². The molecule has 0 spiro atoms. The summed E-state index contributed by atoms with van der Waals surface area (Å²) in [4.78, 5) is 0. The molecule has 0 unspecified atom stereocenters. The third-order valence-corrected chi connectivity index (χ3v) is 7.47. The lowest BCUT2D eigenvalue weighted by molar-refractivity contribution is 0.603. The zero-order chi connectivity index (χ0) is 25.5. The van der Waals surface area contributed by atoms with E-state index in [2.05, 4.69) is 134 Å². The molecule has 5 aromatic carbocycles. The molecule has 1 aliphatic rings. The molecule has 6 aromatic rings. The second-order valence-electron chi connectivity index (χ2n) is 9.71. The van der Waals surface area contributed by atoms with Crippen molar-refractivity contribution in [2.75, 3.05) is 0 Å². The topological polar surface area (TPSA) is 13.1 Å². The van der Waals surface area contributed by atoms with Gasteiger partial charge < -0.3 is 4.42 Å². The van der Waals surface area contributed by atoms with Crippen LogP contribution in [0.15, 0.2) is 138 Å². The van der Waals surface area contributed by atoms with E-state index in [9.17, 15) is 0 Å². The van der Waals surface area contributed by atoms with Crippen LogP contribution < -0.4 is 0 Å². The van der Waals surface area contributed by atoms with Crippen molar-refractivity contribution in [2.24, 2.45) is 0 Å². The van der Waals surface area contributed by atoms with Gasteiger partial charge in [-0.05, 0) is 74.0 Å². The van der Waals surface area contributed by atoms with Gasteiger partial charge in [-0.1, -0.05) is 122 Å². The fourth-order valence-electron chi connectivity index (χ4n) is 5.77. The molecule has 1 aliphatic carbocycles. The van der Waals surface area contributed by atoms with E-state index in [0.29, 0.717) is 0 Å². The summed E-state index contributed by atoms with van der Waals surface area (Å²) in [5, 5.41) is 6.08. The van der Waals surface area contributed by atoms with Gasteiger partial charge in [0.05, 0.1) is 0 Å². The van der Waals surface area contributed by atoms with E-state index in [1.807, 2.05) is 6.08 Å². The van der Waals surface area contributed by atoms with Gasteiger partial charge >= 0.3 is 0 Å². The van der Waals surface area contributed by atoms with Crippen molar-refractivity contribution in [2.45, 2.75) is 6.42 Å². The van der Waals surface area contributed by atoms with Crippen LogP contribution in [-0.2, 0) is 0 Å². The van der Waals surface area contributed by atoms with Crippen LogP contribution in [0, 0.1) is 0 Å². The summed E-state index contributed by atoms with van der Waals surface area (Å²) in [6, 6.07) is 34.8. The number of rotatable bonds is 4. The molecule has 0 atom stereocenters. The Morgan fingerprint density at radius 1 is 0.632 bits per heavy atom. The van der Waals surface area contributed by atoms with Crippen molar-refractivity contribution in [3.63, 3.8) is 0 Å². The second-order valence-corrected chi connectivity index (χ2v) is 9.71. The van der Waals surface area contributed by atoms with Gasteiger partial charge in [0, 0.05) is 10.9 Å². The first kappa shape index (κ1) is 22.3. The molecule has 0 N–H and O–H groups in total. The molecule has 1 heterocycles. The van der Waals surface area contributed by atoms with Crippen LogP contribution >= 0.6 is 0 Å². The quantitative estimate of drug-likeness (QED) is 0.226. The maximum absolute atomic E-state index is 6.33. The highest BCUT2D eigenvalue weighted by Gasteiger charge is 2.18. The van der Waals surface area contributed by atoms with Crippen LogP contribution in [0.2, 0.25) is 0 Å². The highest BCUT2D eigenvalue weighted by molar-refractivity contribution is 6.21. The van der Waals surface area contributed by atoms with Crippen LogP contribution in [0.4, 0.5) is 0 Å². The lowest BCUT2D eigenvalue weighted by Crippen LogP contribution is -1.90. The summed E-state index contributed by atoms with van der Waals surface area (Å²) in [5.41, 5.74) is 8.06. The maximum Gasteiger partial charge on any atom is 0.135 e. The molecule has 0 aliphatic heterocycles. The van der Waals surface area contributed by atoms with Gasteiger partial charge in [-0.25, -0.2) is 0 Å². The van der Waals surface area contributed by atoms with Crippen LogP contribution in [0.25, 0.3) is 66.9 Å². The van der Waals surface area contributed by atoms with Crippen LogP contribution in [0.1, 0.15) is 17.7 Å². The van der Waals surface area contributed by atoms with Crippen molar-refractivity contribution in [3.8, 4) is 22.3 Å². The molecule has 1 nitrogen and oxygen atoms in total. The Balaban J connectivity index is 1.51. The minimum atomic E-state index is 0.858. The molecule has 0 amide bonds. The standard InChI is InChI=1S/C37H26O/c1-2-28-33-24-27(21-22-34(33)38-35(28)23-25-13-5-3-6-14-25)37-31-19-11-9-17-29(31)36(26-15-7-4-8-16-26)30-18-10-12-20-32(30)37/h2-13,15-24H,1,14H2/b25-23-. The van der Waals surface area contributed by atoms with E-state index in [-0.39, 0.29) is 0 Å². The SMILES string of the molecule is C=Cc1c(/C=C2/C=CC=CC2)oc2ccc(-c3c4ccccc4c(-c4ccccc4)c4ccccc34)cc12. The highest BCUT2D eigenvalue weighted by atomic mass is 16.3. The summed E-state index contributed by atoms with van der Waals surface area (Å²) in [7, 11) is 0. The molecule has 1 heteroatoms. The van der Waals surface area contributed by atoms with Crippen LogP contribution in [-0.4, -0.2) is 0 Å². The number of fused-ring (bicyclic) bond motifs is 3. The molecule has 0 saturated carbocycles. The Morgan fingerprint density at radius 2 is 1.26 bits per heavy atom. The van der Waals surface area contributed by atoms with Crippen molar-refractivity contribution in [1.29, 1.82) is 0 Å². The Morgan fingerprint density at radius 3 is 1.87 bits per heavy atom. The molecule has 180 valence electrons. The first-order valence-electron chi connectivity index (χ1n) is 13.0. The van der Waals surface area contributed by atoms with Crippen molar-refractivity contribution in [1.82, 2.24) is 0 Å². The number of furan rings is 1. The molecule has 0 saturated heterocycles. The van der Waals surface area contributed by atoms with Crippen molar-refractivity contribution in [3.05, 3.63) is 145 Å². The van der Waals surface area contributed by atoms with Crippen LogP contribution in [0.5, 0.6) is 0 Å². The summed E-state index contributed by atoms with van der Waals surface area (Å²) < 4.78 is 6.33. The van der Waals surface area contributed by atoms with Gasteiger partial charge in [-0.15, -0.1) is 0 Å². The predicted molar refractivity (Wildman–Crippen MR) is 163 cm³/mol. The number of benzene rings is 5. The first-order valence-corrected chi connectivity index (χ1v) is 13.0. The minimum Gasteiger partial charge on any atom is -0.456 e. The smallest absolute Gasteiger partial charge is 0.135 e. The molecule has 0 fully saturated rings. The summed E-state index contributed by atoms with van der Waals surface area (Å²) in [6.45, 7) is 4.13. The molecule has 0 radical (unpaired) electrons. The number of allylic oxidation sites excluding steroid dienone is 5. The van der Waals surface area contributed by atoms with Gasteiger partial charge in [0.2, 0.25) is 0 Å². The van der Waals surface area contributed by atoms with Gasteiger partial charge in [-0.2, -0.15) is 0 Å². The molecule has 38 heavy (non-hydrogen) atoms. The molecular formula is C37H26O. The second kappa shape index (κ2) is 9.21. The van der Waals surface area contributed by atoms with E-state index in [1.54, 1.807) is 0 Å². The third kappa shape index (κ3) is 3.64. The van der Waals surface area contributed by atoms with Gasteiger partial charge in [0.15, 0.2) is 0 Å². The Labute approximate surface area is 222 Å². The average molecular weight is 487 g/mol. The normalized spacial score (nSPS) is 14.2. The predicted octanol–water partition coefficient (Wildman–Crippen LogP) is 10.6. The lowest BCUT2D eigenvalue weighted by atomic mass is 9.86. The third-order valence-electron chi connectivity index (χ3n) is 7.47. The van der Waals surface area contributed by atoms with E-state index < -0.39 is 0 Å². The zero-order valence-corrected chi connectivity index (χ0v) is 21.0. The molecular weight excluding hydrogens is 460 g/mol. The minimum absolute atomic E-state index is 0.858. The Hall–Kier alpha value is -4.88. The van der Waals surface area contributed by atoms with Crippen LogP contribution in [0.3, 0.4) is 0 Å². The monoisotopic (exact) mass is 486 g/mol. The average Bonchev–Trinajstić information content (AvgIpc) is 3.32. The van der Waals surface area contributed by atoms with E-state index >= 15 is 0 Å². The number of hydrogen-bond donors (Lipinski definition) is 0. The number of hydrogen-bond acceptors (Lipinski definition) is 1. The highest BCUT2D eigenvalue weighted by Crippen LogP contribution is 2.44. The Bertz CT molecular complexity index is 1890. The lowest BCUT2D eigenvalue weighted by Gasteiger charge is -2.17. The van der Waals surface area contributed by atoms with E-state index in [4.69, 9.17) is 4.42 Å². The van der Waals surface area contributed by atoms with Gasteiger partial charge in [0.1, 0.15) is 11.3 Å². The van der Waals surface area contributed by atoms with Gasteiger partial charge in [-0.3, -0.25) is 0 Å². The zero-order valence-electron chi connectivity index (χ0n) is 21.0. The van der Waals surface area contributed by atoms with E-state index in [0.717, 1.165) is 28.7 Å². The molecule has 7 rings (SSSR count). The van der Waals surface area contributed by atoms with Crippen molar-refractivity contribution < 1.29 is 4.42 Å². The summed E-state index contributed by atoms with van der Waals surface area (Å²) in [5.74, 6) is 0.858. The molecule has 0 bridgehead atoms. The summed E-state index contributed by atoms with van der Waals surface area (Å²) >= 11 is 0. The fraction of sp³-hybridized carbons (Fsp3) is 0.0270. The first-order chi connectivity index (χ1) is 18.8. The van der Waals surface area contributed by atoms with Gasteiger partial charge in [0.25, 0.3) is 0 Å². The largest absolute Gasteiger partial charge is 0.456 e. The Kier molecular flexibility index (Phi) is 5.41. The fourth-order valence-corrected chi connectivity index (χ4v) is 5.77. The molecule has 1 aromatic heterocycles. The van der Waals surface area contributed by atoms with E-state index in [1.165, 1.54) is 49.4 Å².